The van der Waals surface area contributed by atoms with Crippen LogP contribution in [-0.2, 0) is 18.6 Å². The predicted molar refractivity (Wildman–Crippen MR) is 47.7 cm³/mol. The zero-order valence-electron chi connectivity index (χ0n) is 6.92. The van der Waals surface area contributed by atoms with Crippen LogP contribution in [0, 0.1) is 0 Å². The van der Waals surface area contributed by atoms with Crippen molar-refractivity contribution in [3.63, 3.8) is 0 Å². The molecule has 2 rings (SSSR count). The van der Waals surface area contributed by atoms with Crippen molar-refractivity contribution in [2.24, 2.45) is 0 Å². The van der Waals surface area contributed by atoms with Crippen LogP contribution in [-0.4, -0.2) is 9.97 Å². The van der Waals surface area contributed by atoms with Crippen LogP contribution in [0.15, 0.2) is 48.8 Å². The Labute approximate surface area is 85.6 Å². The van der Waals surface area contributed by atoms with E-state index in [9.17, 15) is 0 Å². The average Bonchev–Trinajstić information content (AvgIpc) is 2.21. The second-order valence-electron chi connectivity index (χ2n) is 2.44. The monoisotopic (exact) mass is 254 g/mol. The molecule has 0 aliphatic rings. The Bertz CT molecular complexity index is 324. The van der Waals surface area contributed by atoms with Gasteiger partial charge in [-0.1, -0.05) is 0 Å². The molecule has 0 aliphatic heterocycles. The van der Waals surface area contributed by atoms with Gasteiger partial charge in [-0.2, -0.15) is 0 Å². The molecule has 2 nitrogen and oxygen atoms in total. The van der Waals surface area contributed by atoms with Crippen LogP contribution < -0.4 is 8.17 Å². The minimum atomic E-state index is -0.375. The third-order valence-electron chi connectivity index (χ3n) is 1.48. The molecule has 0 radical (unpaired) electrons. The van der Waals surface area contributed by atoms with Crippen molar-refractivity contribution in [1.29, 1.82) is 0 Å². The molecule has 0 aromatic carbocycles. The molecule has 0 spiro atoms. The molecule has 0 aliphatic carbocycles. The molecule has 3 heteroatoms. The first kappa shape index (κ1) is 8.58. The molecule has 2 aromatic rings. The number of aromatic nitrogens is 2. The number of hydrogen-bond acceptors (Lipinski definition) is 2. The molecule has 2 aromatic heterocycles. The second kappa shape index (κ2) is 4.29. The number of pyridine rings is 2. The molecule has 0 unspecified atom stereocenters. The summed E-state index contributed by atoms with van der Waals surface area (Å²) < 4.78 is 2.37. The molecule has 0 saturated heterocycles. The van der Waals surface area contributed by atoms with Crippen molar-refractivity contribution in [3.05, 3.63) is 48.8 Å². The first-order valence-corrected chi connectivity index (χ1v) is 5.96. The van der Waals surface area contributed by atoms with E-state index < -0.39 is 0 Å². The summed E-state index contributed by atoms with van der Waals surface area (Å²) in [7, 11) is 0. The van der Waals surface area contributed by atoms with Gasteiger partial charge >= 0.3 is 85.5 Å². The summed E-state index contributed by atoms with van der Waals surface area (Å²) in [6, 6.07) is 12.1. The molecule has 0 fully saturated rings. The minimum absolute atomic E-state index is 0.375. The first-order chi connectivity index (χ1) is 6.45. The Morgan fingerprint density at radius 1 is 0.769 bits per heavy atom. The van der Waals surface area contributed by atoms with E-state index in [1.54, 1.807) is 0 Å². The van der Waals surface area contributed by atoms with Gasteiger partial charge in [-0.15, -0.1) is 0 Å². The van der Waals surface area contributed by atoms with Crippen molar-refractivity contribution in [1.82, 2.24) is 9.97 Å². The van der Waals surface area contributed by atoms with E-state index in [0.29, 0.717) is 0 Å². The van der Waals surface area contributed by atoms with Crippen molar-refractivity contribution in [2.75, 3.05) is 0 Å². The number of nitrogens with zero attached hydrogens (tertiary/aromatic N) is 2. The summed E-state index contributed by atoms with van der Waals surface area (Å²) >= 11 is -0.375. The third kappa shape index (κ3) is 2.46. The van der Waals surface area contributed by atoms with Gasteiger partial charge in [-0.25, -0.2) is 0 Å². The van der Waals surface area contributed by atoms with Crippen LogP contribution >= 0.6 is 0 Å². The molecule has 2 heterocycles. The quantitative estimate of drug-likeness (QED) is 0.728. The van der Waals surface area contributed by atoms with E-state index >= 15 is 0 Å². The van der Waals surface area contributed by atoms with E-state index in [2.05, 4.69) is 22.1 Å². The van der Waals surface area contributed by atoms with Gasteiger partial charge in [0.2, 0.25) is 0 Å². The number of hydrogen-bond donors (Lipinski definition) is 0. The predicted octanol–water partition coefficient (Wildman–Crippen LogP) is 0.510. The maximum atomic E-state index is 4.29. The Balaban J connectivity index is 2.16. The normalized spacial score (nSPS) is 9.85. The van der Waals surface area contributed by atoms with Gasteiger partial charge in [0.1, 0.15) is 0 Å². The summed E-state index contributed by atoms with van der Waals surface area (Å²) in [5, 5.41) is 0. The van der Waals surface area contributed by atoms with Crippen LogP contribution in [0.1, 0.15) is 0 Å². The summed E-state index contributed by atoms with van der Waals surface area (Å²) in [5.41, 5.74) is 0. The van der Waals surface area contributed by atoms with Gasteiger partial charge in [-0.05, 0) is 0 Å². The molecule has 64 valence electrons. The van der Waals surface area contributed by atoms with Crippen molar-refractivity contribution >= 4 is 8.17 Å². The van der Waals surface area contributed by atoms with Crippen molar-refractivity contribution in [2.45, 2.75) is 0 Å². The van der Waals surface area contributed by atoms with E-state index in [1.165, 1.54) is 8.17 Å². The van der Waals surface area contributed by atoms with Gasteiger partial charge in [0.25, 0.3) is 0 Å². The van der Waals surface area contributed by atoms with E-state index in [-0.39, 0.29) is 18.6 Å². The van der Waals surface area contributed by atoms with E-state index in [0.717, 1.165) is 0 Å². The Morgan fingerprint density at radius 2 is 1.31 bits per heavy atom. The van der Waals surface area contributed by atoms with Crippen LogP contribution in [0.25, 0.3) is 0 Å². The Kier molecular flexibility index (Phi) is 2.83. The summed E-state index contributed by atoms with van der Waals surface area (Å²) in [6.07, 6.45) is 3.67. The summed E-state index contributed by atoms with van der Waals surface area (Å²) in [6.45, 7) is 0. The second-order valence-corrected chi connectivity index (χ2v) is 5.00. The molecule has 0 atom stereocenters. The standard InChI is InChI=1S/2C5H4N.Mo/c2*1-2-4-6-5-3-1;/h2*1-4H;. The SMILES string of the molecule is c1cc[c]([Mo][c]2ccccn2)nc1. The van der Waals surface area contributed by atoms with Crippen molar-refractivity contribution in [3.8, 4) is 0 Å². The van der Waals surface area contributed by atoms with Gasteiger partial charge in [-0.3, -0.25) is 0 Å². The third-order valence-corrected chi connectivity index (χ3v) is 3.70. The van der Waals surface area contributed by atoms with Crippen LogP contribution in [0.2, 0.25) is 0 Å². The number of rotatable bonds is 2. The van der Waals surface area contributed by atoms with Gasteiger partial charge in [0, 0.05) is 0 Å². The Hall–Kier alpha value is -1.01. The van der Waals surface area contributed by atoms with Crippen LogP contribution in [0.5, 0.6) is 0 Å². The maximum absolute atomic E-state index is 4.29. The zero-order valence-corrected chi connectivity index (χ0v) is 8.93. The van der Waals surface area contributed by atoms with Crippen molar-refractivity contribution < 1.29 is 18.6 Å². The van der Waals surface area contributed by atoms with Crippen LogP contribution in [0.4, 0.5) is 0 Å². The molecule has 0 amide bonds. The fourth-order valence-corrected chi connectivity index (χ4v) is 2.73. The summed E-state index contributed by atoms with van der Waals surface area (Å²) in [4.78, 5) is 8.58. The van der Waals surface area contributed by atoms with Gasteiger partial charge < -0.3 is 0 Å². The fraction of sp³-hybridized carbons (Fsp3) is 0. The Morgan fingerprint density at radius 3 is 1.69 bits per heavy atom. The van der Waals surface area contributed by atoms with Gasteiger partial charge in [0.05, 0.1) is 0 Å². The molecule has 0 saturated carbocycles. The van der Waals surface area contributed by atoms with E-state index in [1.807, 2.05) is 36.7 Å². The van der Waals surface area contributed by atoms with Crippen LogP contribution in [0.3, 0.4) is 0 Å². The first-order valence-electron chi connectivity index (χ1n) is 3.95. The topological polar surface area (TPSA) is 25.8 Å². The molecule has 0 N–H and O–H groups in total. The summed E-state index contributed by atoms with van der Waals surface area (Å²) in [5.74, 6) is 0. The molecular weight excluding hydrogens is 244 g/mol. The molecule has 0 bridgehead atoms. The fourth-order valence-electron chi connectivity index (χ4n) is 0.922. The molecule has 13 heavy (non-hydrogen) atoms. The molecular formula is C10H8MoN2. The zero-order chi connectivity index (χ0) is 8.93. The average molecular weight is 252 g/mol. The van der Waals surface area contributed by atoms with E-state index in [4.69, 9.17) is 0 Å². The van der Waals surface area contributed by atoms with Gasteiger partial charge in [0.15, 0.2) is 0 Å².